The molecule has 0 aliphatic heterocycles. The van der Waals surface area contributed by atoms with Crippen LogP contribution in [0.4, 0.5) is 4.39 Å². The molecule has 0 aliphatic rings. The van der Waals surface area contributed by atoms with E-state index in [0.717, 1.165) is 17.0 Å². The Hall–Kier alpha value is -1.70. The van der Waals surface area contributed by atoms with Crippen molar-refractivity contribution in [2.45, 2.75) is 26.7 Å². The van der Waals surface area contributed by atoms with E-state index in [1.165, 1.54) is 17.7 Å². The molecule has 0 radical (unpaired) electrons. The summed E-state index contributed by atoms with van der Waals surface area (Å²) in [5.74, 6) is 0.190. The topological polar surface area (TPSA) is 12.9 Å². The molecule has 0 amide bonds. The van der Waals surface area contributed by atoms with E-state index in [2.05, 4.69) is 24.9 Å². The van der Waals surface area contributed by atoms with Gasteiger partial charge in [-0.1, -0.05) is 19.9 Å². The molecule has 2 rings (SSSR count). The van der Waals surface area contributed by atoms with Crippen molar-refractivity contribution in [1.82, 2.24) is 4.98 Å². The van der Waals surface area contributed by atoms with Crippen molar-refractivity contribution in [3.8, 4) is 11.3 Å². The first-order valence-corrected chi connectivity index (χ1v) is 5.81. The van der Waals surface area contributed by atoms with E-state index in [9.17, 15) is 4.39 Å². The quantitative estimate of drug-likeness (QED) is 0.747. The molecule has 0 spiro atoms. The molecule has 0 bridgehead atoms. The van der Waals surface area contributed by atoms with Crippen LogP contribution in [0.3, 0.4) is 0 Å². The third-order valence-corrected chi connectivity index (χ3v) is 2.81. The number of hydrogen-bond acceptors (Lipinski definition) is 1. The van der Waals surface area contributed by atoms with Gasteiger partial charge in [-0.2, -0.15) is 0 Å². The van der Waals surface area contributed by atoms with Gasteiger partial charge in [0.1, 0.15) is 5.82 Å². The molecule has 2 heteroatoms. The van der Waals surface area contributed by atoms with Crippen molar-refractivity contribution in [2.24, 2.45) is 0 Å². The van der Waals surface area contributed by atoms with Crippen LogP contribution >= 0.6 is 0 Å². The first-order valence-electron chi connectivity index (χ1n) is 5.81. The summed E-state index contributed by atoms with van der Waals surface area (Å²) < 4.78 is 12.9. The van der Waals surface area contributed by atoms with Gasteiger partial charge in [-0.05, 0) is 48.7 Å². The van der Waals surface area contributed by atoms with Gasteiger partial charge in [0.2, 0.25) is 0 Å². The fourth-order valence-corrected chi connectivity index (χ4v) is 1.87. The zero-order chi connectivity index (χ0) is 12.4. The number of nitrogens with zero attached hydrogens (tertiary/aromatic N) is 1. The second kappa shape index (κ2) is 4.66. The normalized spacial score (nSPS) is 10.9. The highest BCUT2D eigenvalue weighted by Crippen LogP contribution is 2.27. The molecule has 0 saturated carbocycles. The maximum Gasteiger partial charge on any atom is 0.123 e. The lowest BCUT2D eigenvalue weighted by Gasteiger charge is -2.12. The monoisotopic (exact) mass is 229 g/mol. The first-order chi connectivity index (χ1) is 8.08. The lowest BCUT2D eigenvalue weighted by molar-refractivity contribution is 0.628. The summed E-state index contributed by atoms with van der Waals surface area (Å²) in [6.07, 6.45) is 0. The van der Waals surface area contributed by atoms with E-state index >= 15 is 0 Å². The summed E-state index contributed by atoms with van der Waals surface area (Å²) in [6, 6.07) is 10.6. The molecule has 0 saturated heterocycles. The van der Waals surface area contributed by atoms with Crippen LogP contribution in [0, 0.1) is 12.7 Å². The Morgan fingerprint density at radius 3 is 2.24 bits per heavy atom. The van der Waals surface area contributed by atoms with Crippen LogP contribution in [0.15, 0.2) is 36.4 Å². The lowest BCUT2D eigenvalue weighted by atomic mass is 9.97. The Kier molecular flexibility index (Phi) is 3.23. The van der Waals surface area contributed by atoms with Crippen molar-refractivity contribution >= 4 is 0 Å². The minimum Gasteiger partial charge on any atom is -0.253 e. The predicted octanol–water partition coefficient (Wildman–Crippen LogP) is 4.32. The van der Waals surface area contributed by atoms with Crippen molar-refractivity contribution in [1.29, 1.82) is 0 Å². The number of hydrogen-bond donors (Lipinski definition) is 0. The maximum absolute atomic E-state index is 12.9. The van der Waals surface area contributed by atoms with Crippen molar-refractivity contribution in [2.75, 3.05) is 0 Å². The van der Waals surface area contributed by atoms with E-state index in [1.807, 2.05) is 13.0 Å². The Morgan fingerprint density at radius 1 is 1.00 bits per heavy atom. The summed E-state index contributed by atoms with van der Waals surface area (Å²) in [5.41, 5.74) is 4.11. The van der Waals surface area contributed by atoms with Gasteiger partial charge in [0.25, 0.3) is 0 Å². The van der Waals surface area contributed by atoms with Crippen LogP contribution in [0.25, 0.3) is 11.3 Å². The molecule has 1 heterocycles. The van der Waals surface area contributed by atoms with Crippen molar-refractivity contribution < 1.29 is 4.39 Å². The highest BCUT2D eigenvalue weighted by molar-refractivity contribution is 5.63. The Labute approximate surface area is 101 Å². The van der Waals surface area contributed by atoms with Gasteiger partial charge in [-0.15, -0.1) is 0 Å². The molecule has 0 N–H and O–H groups in total. The highest BCUT2D eigenvalue weighted by atomic mass is 19.1. The fraction of sp³-hybridized carbons (Fsp3) is 0.267. The molecule has 1 aromatic carbocycles. The van der Waals surface area contributed by atoms with Crippen LogP contribution in [0.1, 0.15) is 31.0 Å². The number of rotatable bonds is 2. The van der Waals surface area contributed by atoms with Gasteiger partial charge >= 0.3 is 0 Å². The molecule has 0 aliphatic carbocycles. The van der Waals surface area contributed by atoms with Crippen LogP contribution in [0.2, 0.25) is 0 Å². The molecular weight excluding hydrogens is 213 g/mol. The van der Waals surface area contributed by atoms with Crippen molar-refractivity contribution in [3.63, 3.8) is 0 Å². The second-order valence-corrected chi connectivity index (χ2v) is 4.55. The van der Waals surface area contributed by atoms with Crippen LogP contribution in [0.5, 0.6) is 0 Å². The van der Waals surface area contributed by atoms with Gasteiger partial charge in [0.05, 0.1) is 5.69 Å². The Bertz CT molecular complexity index is 515. The standard InChI is InChI=1S/C15H16FN/c1-10(2)14-9-4-11(3)17-15(14)12-5-7-13(16)8-6-12/h4-10H,1-3H3. The van der Waals surface area contributed by atoms with Gasteiger partial charge in [-0.3, -0.25) is 4.98 Å². The van der Waals surface area contributed by atoms with Gasteiger partial charge in [0.15, 0.2) is 0 Å². The summed E-state index contributed by atoms with van der Waals surface area (Å²) in [4.78, 5) is 4.57. The van der Waals surface area contributed by atoms with Crippen LogP contribution < -0.4 is 0 Å². The number of aromatic nitrogens is 1. The second-order valence-electron chi connectivity index (χ2n) is 4.55. The zero-order valence-corrected chi connectivity index (χ0v) is 10.4. The number of pyridine rings is 1. The van der Waals surface area contributed by atoms with Crippen LogP contribution in [-0.4, -0.2) is 4.98 Å². The van der Waals surface area contributed by atoms with E-state index < -0.39 is 0 Å². The molecule has 88 valence electrons. The SMILES string of the molecule is Cc1ccc(C(C)C)c(-c2ccc(F)cc2)n1. The fourth-order valence-electron chi connectivity index (χ4n) is 1.87. The number of halogens is 1. The third-order valence-electron chi connectivity index (χ3n) is 2.81. The molecule has 17 heavy (non-hydrogen) atoms. The zero-order valence-electron chi connectivity index (χ0n) is 10.4. The minimum absolute atomic E-state index is 0.215. The largest absolute Gasteiger partial charge is 0.253 e. The molecule has 0 atom stereocenters. The van der Waals surface area contributed by atoms with Crippen molar-refractivity contribution in [3.05, 3.63) is 53.5 Å². The lowest BCUT2D eigenvalue weighted by Crippen LogP contribution is -1.97. The van der Waals surface area contributed by atoms with Gasteiger partial charge in [-0.25, -0.2) is 4.39 Å². The van der Waals surface area contributed by atoms with E-state index in [-0.39, 0.29) is 5.82 Å². The predicted molar refractivity (Wildman–Crippen MR) is 68.5 cm³/mol. The molecule has 1 aromatic heterocycles. The van der Waals surface area contributed by atoms with E-state index in [1.54, 1.807) is 12.1 Å². The van der Waals surface area contributed by atoms with E-state index in [0.29, 0.717) is 5.92 Å². The molecule has 0 unspecified atom stereocenters. The minimum atomic E-state index is -0.215. The van der Waals surface area contributed by atoms with E-state index in [4.69, 9.17) is 0 Å². The first kappa shape index (κ1) is 11.8. The molecule has 0 fully saturated rings. The summed E-state index contributed by atoms with van der Waals surface area (Å²) >= 11 is 0. The van der Waals surface area contributed by atoms with Gasteiger partial charge in [0, 0.05) is 11.3 Å². The van der Waals surface area contributed by atoms with Gasteiger partial charge < -0.3 is 0 Å². The summed E-state index contributed by atoms with van der Waals surface area (Å²) in [6.45, 7) is 6.25. The highest BCUT2D eigenvalue weighted by Gasteiger charge is 2.10. The average Bonchev–Trinajstić information content (AvgIpc) is 2.29. The Balaban J connectivity index is 2.56. The molecular formula is C15H16FN. The average molecular weight is 229 g/mol. The Morgan fingerprint density at radius 2 is 1.65 bits per heavy atom. The molecule has 1 nitrogen and oxygen atoms in total. The molecule has 2 aromatic rings. The van der Waals surface area contributed by atoms with Crippen LogP contribution in [-0.2, 0) is 0 Å². The third kappa shape index (κ3) is 2.52. The summed E-state index contributed by atoms with van der Waals surface area (Å²) in [7, 11) is 0. The number of benzene rings is 1. The number of aryl methyl sites for hydroxylation is 1. The summed E-state index contributed by atoms with van der Waals surface area (Å²) in [5, 5.41) is 0. The maximum atomic E-state index is 12.9. The smallest absolute Gasteiger partial charge is 0.123 e.